The molecule has 1 heterocycles. The van der Waals surface area contributed by atoms with Gasteiger partial charge in [0.05, 0.1) is 16.9 Å². The molecule has 2 aliphatic rings. The van der Waals surface area contributed by atoms with Gasteiger partial charge in [0.2, 0.25) is 0 Å². The van der Waals surface area contributed by atoms with E-state index >= 15 is 0 Å². The molecule has 0 radical (unpaired) electrons. The highest BCUT2D eigenvalue weighted by Gasteiger charge is 2.35. The van der Waals surface area contributed by atoms with Crippen LogP contribution in [0.1, 0.15) is 12.8 Å². The van der Waals surface area contributed by atoms with Crippen molar-refractivity contribution in [2.45, 2.75) is 12.8 Å². The molecule has 2 bridgehead atoms. The maximum absolute atomic E-state index is 13.5. The molecule has 130 valence electrons. The van der Waals surface area contributed by atoms with Crippen LogP contribution >= 0.6 is 0 Å². The summed E-state index contributed by atoms with van der Waals surface area (Å²) in [7, 11) is 0. The van der Waals surface area contributed by atoms with Crippen LogP contribution in [-0.4, -0.2) is 11.5 Å². The van der Waals surface area contributed by atoms with Gasteiger partial charge in [0.1, 0.15) is 0 Å². The van der Waals surface area contributed by atoms with E-state index in [1.807, 2.05) is 0 Å². The van der Waals surface area contributed by atoms with Gasteiger partial charge in [-0.05, 0) is 36.7 Å². The van der Waals surface area contributed by atoms with Gasteiger partial charge in [-0.3, -0.25) is 0 Å². The van der Waals surface area contributed by atoms with Gasteiger partial charge < -0.3 is 15.6 Å². The highest BCUT2D eigenvalue weighted by molar-refractivity contribution is 5.93. The number of anilines is 1. The third-order valence-electron chi connectivity index (χ3n) is 5.37. The van der Waals surface area contributed by atoms with Crippen molar-refractivity contribution in [1.29, 1.82) is 0 Å². The molecule has 3 N–H and O–H groups in total. The first kappa shape index (κ1) is 15.9. The summed E-state index contributed by atoms with van der Waals surface area (Å²) in [6, 6.07) is 2.32. The van der Waals surface area contributed by atoms with E-state index in [4.69, 9.17) is 0 Å². The molecule has 25 heavy (non-hydrogen) atoms. The van der Waals surface area contributed by atoms with Crippen LogP contribution in [0, 0.1) is 29.4 Å². The molecule has 0 spiro atoms. The zero-order chi connectivity index (χ0) is 17.6. The summed E-state index contributed by atoms with van der Waals surface area (Å²) >= 11 is 0. The first-order chi connectivity index (χ1) is 12.0. The maximum Gasteiger partial charge on any atom is 0.160 e. The van der Waals surface area contributed by atoms with Crippen molar-refractivity contribution >= 4 is 16.6 Å². The Morgan fingerprint density at radius 1 is 1.12 bits per heavy atom. The summed E-state index contributed by atoms with van der Waals surface area (Å²) in [6.45, 7) is 8.91. The molecular weight excluding hydrogens is 320 g/mol. The number of H-pyrrole nitrogens is 1. The first-order valence-electron chi connectivity index (χ1n) is 8.55. The predicted octanol–water partition coefficient (Wildman–Crippen LogP) is 4.69. The number of rotatable bonds is 6. The van der Waals surface area contributed by atoms with E-state index in [1.165, 1.54) is 18.9 Å². The summed E-state index contributed by atoms with van der Waals surface area (Å²) in [5, 5.41) is 7.06. The van der Waals surface area contributed by atoms with Crippen LogP contribution in [0.3, 0.4) is 0 Å². The SMILES string of the molecule is C=C(NCC1CC2C=CC1C2)C(=C)Nc1c[nH]c2cc(F)c(F)cc12. The Labute approximate surface area is 145 Å². The van der Waals surface area contributed by atoms with Crippen LogP contribution in [0.2, 0.25) is 0 Å². The largest absolute Gasteiger partial charge is 0.384 e. The molecule has 1 fully saturated rings. The van der Waals surface area contributed by atoms with Gasteiger partial charge in [0, 0.05) is 29.9 Å². The summed E-state index contributed by atoms with van der Waals surface area (Å²) in [5.74, 6) is 0.323. The number of allylic oxidation sites excluding steroid dienone is 2. The minimum atomic E-state index is -0.873. The Balaban J connectivity index is 1.39. The quantitative estimate of drug-likeness (QED) is 0.527. The zero-order valence-corrected chi connectivity index (χ0v) is 13.9. The minimum absolute atomic E-state index is 0.529. The smallest absolute Gasteiger partial charge is 0.160 e. The monoisotopic (exact) mass is 341 g/mol. The van der Waals surface area contributed by atoms with Crippen LogP contribution < -0.4 is 10.6 Å². The fraction of sp³-hybridized carbons (Fsp3) is 0.300. The summed E-state index contributed by atoms with van der Waals surface area (Å²) in [4.78, 5) is 2.93. The Bertz CT molecular complexity index is 880. The third-order valence-corrected chi connectivity index (χ3v) is 5.37. The number of benzene rings is 1. The molecule has 4 rings (SSSR count). The van der Waals surface area contributed by atoms with E-state index in [2.05, 4.69) is 40.9 Å². The van der Waals surface area contributed by atoms with Crippen LogP contribution in [0.15, 0.2) is 55.0 Å². The van der Waals surface area contributed by atoms with Gasteiger partial charge in [-0.25, -0.2) is 8.78 Å². The topological polar surface area (TPSA) is 39.8 Å². The molecule has 1 aromatic heterocycles. The Morgan fingerprint density at radius 3 is 2.64 bits per heavy atom. The zero-order valence-electron chi connectivity index (χ0n) is 13.9. The van der Waals surface area contributed by atoms with Gasteiger partial charge >= 0.3 is 0 Å². The van der Waals surface area contributed by atoms with Gasteiger partial charge in [-0.15, -0.1) is 0 Å². The average molecular weight is 341 g/mol. The fourth-order valence-corrected chi connectivity index (χ4v) is 3.95. The predicted molar refractivity (Wildman–Crippen MR) is 97.0 cm³/mol. The lowest BCUT2D eigenvalue weighted by molar-refractivity contribution is 0.432. The van der Waals surface area contributed by atoms with Gasteiger partial charge in [-0.1, -0.05) is 25.3 Å². The number of nitrogens with one attached hydrogen (secondary N) is 3. The molecule has 1 saturated carbocycles. The van der Waals surface area contributed by atoms with Gasteiger partial charge in [-0.2, -0.15) is 0 Å². The normalized spacial score (nSPS) is 24.0. The first-order valence-corrected chi connectivity index (χ1v) is 8.55. The second-order valence-corrected chi connectivity index (χ2v) is 7.02. The second kappa shape index (κ2) is 6.06. The molecule has 2 aromatic rings. The molecule has 5 heteroatoms. The number of fused-ring (bicyclic) bond motifs is 3. The molecule has 3 atom stereocenters. The van der Waals surface area contributed by atoms with Crippen molar-refractivity contribution in [2.75, 3.05) is 11.9 Å². The van der Waals surface area contributed by atoms with Gasteiger partial charge in [0.25, 0.3) is 0 Å². The third kappa shape index (κ3) is 2.95. The highest BCUT2D eigenvalue weighted by Crippen LogP contribution is 2.43. The molecule has 3 nitrogen and oxygen atoms in total. The van der Waals surface area contributed by atoms with E-state index in [0.29, 0.717) is 39.8 Å². The molecule has 3 unspecified atom stereocenters. The van der Waals surface area contributed by atoms with E-state index in [9.17, 15) is 8.78 Å². The lowest BCUT2D eigenvalue weighted by atomic mass is 9.93. The summed E-state index contributed by atoms with van der Waals surface area (Å²) in [6.07, 6.45) is 8.83. The Morgan fingerprint density at radius 2 is 1.92 bits per heavy atom. The van der Waals surface area contributed by atoms with Crippen molar-refractivity contribution in [3.8, 4) is 0 Å². The molecule has 2 aliphatic carbocycles. The average Bonchev–Trinajstić information content (AvgIpc) is 3.30. The van der Waals surface area contributed by atoms with Crippen molar-refractivity contribution in [3.63, 3.8) is 0 Å². The summed E-state index contributed by atoms with van der Waals surface area (Å²) < 4.78 is 26.8. The van der Waals surface area contributed by atoms with E-state index in [1.54, 1.807) is 6.20 Å². The van der Waals surface area contributed by atoms with Crippen molar-refractivity contribution in [3.05, 3.63) is 66.7 Å². The van der Waals surface area contributed by atoms with E-state index in [-0.39, 0.29) is 0 Å². The van der Waals surface area contributed by atoms with Crippen LogP contribution in [0.25, 0.3) is 10.9 Å². The van der Waals surface area contributed by atoms with Crippen molar-refractivity contribution in [2.24, 2.45) is 17.8 Å². The number of halogens is 2. The van der Waals surface area contributed by atoms with E-state index in [0.717, 1.165) is 18.5 Å². The van der Waals surface area contributed by atoms with Crippen molar-refractivity contribution < 1.29 is 8.78 Å². The number of hydrogen-bond acceptors (Lipinski definition) is 2. The van der Waals surface area contributed by atoms with Crippen LogP contribution in [0.4, 0.5) is 14.5 Å². The summed E-state index contributed by atoms with van der Waals surface area (Å²) in [5.41, 5.74) is 2.50. The second-order valence-electron chi connectivity index (χ2n) is 7.02. The molecular formula is C20H21F2N3. The Hall–Kier alpha value is -2.56. The maximum atomic E-state index is 13.5. The van der Waals surface area contributed by atoms with Crippen molar-refractivity contribution in [1.82, 2.24) is 10.3 Å². The molecule has 0 amide bonds. The lowest BCUT2D eigenvalue weighted by Crippen LogP contribution is -2.26. The van der Waals surface area contributed by atoms with Gasteiger partial charge in [0.15, 0.2) is 11.6 Å². The minimum Gasteiger partial charge on any atom is -0.384 e. The number of aromatic amines is 1. The number of hydrogen-bond donors (Lipinski definition) is 3. The standard InChI is InChI=1S/C20H21F2N3/c1-11(23-9-15-6-13-3-4-14(15)5-13)12(2)25-20-10-24-19-8-18(22)17(21)7-16(19)20/h3-4,7-8,10,13-15,23-25H,1-2,5-6,9H2. The van der Waals surface area contributed by atoms with Crippen LogP contribution in [0.5, 0.6) is 0 Å². The number of aromatic nitrogens is 1. The van der Waals surface area contributed by atoms with Crippen LogP contribution in [-0.2, 0) is 0 Å². The fourth-order valence-electron chi connectivity index (χ4n) is 3.95. The molecule has 0 saturated heterocycles. The molecule has 1 aromatic carbocycles. The van der Waals surface area contributed by atoms with E-state index < -0.39 is 11.6 Å². The Kier molecular flexibility index (Phi) is 3.86. The molecule has 0 aliphatic heterocycles. The highest BCUT2D eigenvalue weighted by atomic mass is 19.2. The lowest BCUT2D eigenvalue weighted by Gasteiger charge is -2.21.